The summed E-state index contributed by atoms with van der Waals surface area (Å²) < 4.78 is 68.6. The zero-order valence-electron chi connectivity index (χ0n) is 17.6. The second-order valence-corrected chi connectivity index (χ2v) is 10.2. The van der Waals surface area contributed by atoms with E-state index in [4.69, 9.17) is 0 Å². The van der Waals surface area contributed by atoms with E-state index in [9.17, 15) is 26.4 Å². The molecular weight excluding hydrogens is 445 g/mol. The van der Waals surface area contributed by atoms with Gasteiger partial charge in [-0.1, -0.05) is 12.1 Å². The molecule has 2 aliphatic rings. The largest absolute Gasteiger partial charge is 0.417 e. The monoisotopic (exact) mass is 470 g/mol. The Hall–Kier alpha value is -2.40. The number of carbonyl (C=O) groups excluding carboxylic acids is 1. The van der Waals surface area contributed by atoms with E-state index in [-0.39, 0.29) is 43.8 Å². The van der Waals surface area contributed by atoms with Gasteiger partial charge in [-0.25, -0.2) is 8.42 Å². The minimum atomic E-state index is -4.77. The minimum Gasteiger partial charge on any atom is -0.349 e. The molecule has 1 amide bonds. The van der Waals surface area contributed by atoms with Gasteiger partial charge in [0, 0.05) is 37.3 Å². The van der Waals surface area contributed by atoms with E-state index in [1.165, 1.54) is 6.07 Å². The van der Waals surface area contributed by atoms with Crippen LogP contribution in [0.1, 0.15) is 48.5 Å². The van der Waals surface area contributed by atoms with Crippen molar-refractivity contribution in [2.75, 3.05) is 13.1 Å². The lowest BCUT2D eigenvalue weighted by Gasteiger charge is -2.32. The SMILES string of the molecule is Cn1ncc2c1CCC[C@H]2NC(=O)C1CCN(S(=O)(=O)c2ccccc2C(F)(F)F)CC1. The van der Waals surface area contributed by atoms with Gasteiger partial charge in [-0.3, -0.25) is 9.48 Å². The van der Waals surface area contributed by atoms with E-state index in [1.807, 2.05) is 11.7 Å². The molecule has 4 rings (SSSR count). The first kappa shape index (κ1) is 22.8. The number of benzene rings is 1. The molecule has 1 saturated heterocycles. The molecule has 0 spiro atoms. The summed E-state index contributed by atoms with van der Waals surface area (Å²) in [5.74, 6) is -0.541. The van der Waals surface area contributed by atoms with E-state index in [1.54, 1.807) is 6.20 Å². The van der Waals surface area contributed by atoms with Gasteiger partial charge in [0.2, 0.25) is 15.9 Å². The topological polar surface area (TPSA) is 84.3 Å². The van der Waals surface area contributed by atoms with E-state index in [0.29, 0.717) is 0 Å². The number of alkyl halides is 3. The smallest absolute Gasteiger partial charge is 0.349 e. The number of nitrogens with zero attached hydrogens (tertiary/aromatic N) is 3. The van der Waals surface area contributed by atoms with Gasteiger partial charge < -0.3 is 5.32 Å². The van der Waals surface area contributed by atoms with Crippen molar-refractivity contribution in [3.05, 3.63) is 47.3 Å². The summed E-state index contributed by atoms with van der Waals surface area (Å²) in [7, 11) is -2.45. The number of halogens is 3. The summed E-state index contributed by atoms with van der Waals surface area (Å²) in [6.45, 7) is -0.00909. The van der Waals surface area contributed by atoms with Crippen LogP contribution in [0.5, 0.6) is 0 Å². The summed E-state index contributed by atoms with van der Waals surface area (Å²) in [4.78, 5) is 12.1. The van der Waals surface area contributed by atoms with Crippen LogP contribution >= 0.6 is 0 Å². The van der Waals surface area contributed by atoms with E-state index in [0.717, 1.165) is 53.0 Å². The molecule has 0 saturated carbocycles. The number of carbonyl (C=O) groups is 1. The Morgan fingerprint density at radius 3 is 2.53 bits per heavy atom. The van der Waals surface area contributed by atoms with Crippen molar-refractivity contribution >= 4 is 15.9 Å². The predicted octanol–water partition coefficient (Wildman–Crippen LogP) is 3.03. The Morgan fingerprint density at radius 1 is 1.16 bits per heavy atom. The number of aromatic nitrogens is 2. The number of sulfonamides is 1. The Morgan fingerprint density at radius 2 is 1.84 bits per heavy atom. The molecule has 174 valence electrons. The first-order valence-electron chi connectivity index (χ1n) is 10.6. The van der Waals surface area contributed by atoms with E-state index in [2.05, 4.69) is 10.4 Å². The maximum Gasteiger partial charge on any atom is 0.417 e. The number of rotatable bonds is 4. The lowest BCUT2D eigenvalue weighted by molar-refractivity contribution is -0.139. The highest BCUT2D eigenvalue weighted by atomic mass is 32.2. The van der Waals surface area contributed by atoms with Gasteiger partial charge >= 0.3 is 6.18 Å². The van der Waals surface area contributed by atoms with Gasteiger partial charge in [-0.05, 0) is 44.2 Å². The standard InChI is InChI=1S/C21H25F3N4O3S/c1-27-18-7-4-6-17(15(18)13-25-27)26-20(29)14-9-11-28(12-10-14)32(30,31)19-8-3-2-5-16(19)21(22,23)24/h2-3,5,8,13-14,17H,4,6-7,9-12H2,1H3,(H,26,29)/t17-/m1/s1. The molecule has 0 bridgehead atoms. The van der Waals surface area contributed by atoms with Crippen molar-refractivity contribution in [2.45, 2.75) is 49.2 Å². The second kappa shape index (κ2) is 8.51. The number of hydrogen-bond donors (Lipinski definition) is 1. The Balaban J connectivity index is 1.42. The highest BCUT2D eigenvalue weighted by Crippen LogP contribution is 2.36. The van der Waals surface area contributed by atoms with Crippen LogP contribution in [0.2, 0.25) is 0 Å². The molecule has 2 aromatic rings. The van der Waals surface area contributed by atoms with Crippen LogP contribution in [0.15, 0.2) is 35.4 Å². The zero-order chi connectivity index (χ0) is 23.1. The molecule has 1 fully saturated rings. The minimum absolute atomic E-state index is 0.00454. The molecule has 2 heterocycles. The van der Waals surface area contributed by atoms with Gasteiger partial charge in [0.05, 0.1) is 22.7 Å². The lowest BCUT2D eigenvalue weighted by atomic mass is 9.91. The molecule has 1 aliphatic carbocycles. The van der Waals surface area contributed by atoms with Gasteiger partial charge in [0.15, 0.2) is 0 Å². The highest BCUT2D eigenvalue weighted by molar-refractivity contribution is 7.89. The van der Waals surface area contributed by atoms with Gasteiger partial charge in [-0.15, -0.1) is 0 Å². The molecule has 1 aliphatic heterocycles. The predicted molar refractivity (Wildman–Crippen MR) is 110 cm³/mol. The van der Waals surface area contributed by atoms with E-state index >= 15 is 0 Å². The third kappa shape index (κ3) is 4.27. The van der Waals surface area contributed by atoms with Crippen LogP contribution in [0, 0.1) is 5.92 Å². The van der Waals surface area contributed by atoms with Crippen LogP contribution in [0.25, 0.3) is 0 Å². The van der Waals surface area contributed by atoms with Crippen LogP contribution in [0.4, 0.5) is 13.2 Å². The fraction of sp³-hybridized carbons (Fsp3) is 0.524. The molecule has 11 heteroatoms. The van der Waals surface area contributed by atoms with Crippen molar-refractivity contribution in [1.29, 1.82) is 0 Å². The van der Waals surface area contributed by atoms with Crippen LogP contribution in [-0.4, -0.2) is 41.5 Å². The van der Waals surface area contributed by atoms with Crippen molar-refractivity contribution in [3.8, 4) is 0 Å². The second-order valence-electron chi connectivity index (χ2n) is 8.30. The number of amides is 1. The summed E-state index contributed by atoms with van der Waals surface area (Å²) in [5, 5.41) is 7.33. The number of nitrogens with one attached hydrogen (secondary N) is 1. The molecule has 1 aromatic heterocycles. The zero-order valence-corrected chi connectivity index (χ0v) is 18.4. The van der Waals surface area contributed by atoms with Crippen molar-refractivity contribution in [3.63, 3.8) is 0 Å². The molecule has 0 unspecified atom stereocenters. The van der Waals surface area contributed by atoms with E-state index < -0.39 is 26.7 Å². The van der Waals surface area contributed by atoms with Crippen molar-refractivity contribution in [2.24, 2.45) is 13.0 Å². The molecule has 1 N–H and O–H groups in total. The van der Waals surface area contributed by atoms with Gasteiger partial charge in [-0.2, -0.15) is 22.6 Å². The maximum absolute atomic E-state index is 13.3. The molecule has 0 radical (unpaired) electrons. The maximum atomic E-state index is 13.3. The molecule has 32 heavy (non-hydrogen) atoms. The fourth-order valence-corrected chi connectivity index (χ4v) is 6.25. The lowest BCUT2D eigenvalue weighted by Crippen LogP contribution is -2.44. The summed E-state index contributed by atoms with van der Waals surface area (Å²) >= 11 is 0. The van der Waals surface area contributed by atoms with Gasteiger partial charge in [0.1, 0.15) is 0 Å². The normalized spacial score (nSPS) is 20.7. The van der Waals surface area contributed by atoms with Crippen LogP contribution in [-0.2, 0) is 34.5 Å². The number of hydrogen-bond acceptors (Lipinski definition) is 4. The average Bonchev–Trinajstić information content (AvgIpc) is 3.15. The van der Waals surface area contributed by atoms with Crippen LogP contribution < -0.4 is 5.32 Å². The van der Waals surface area contributed by atoms with Gasteiger partial charge in [0.25, 0.3) is 0 Å². The summed E-state index contributed by atoms with van der Waals surface area (Å²) in [6, 6.07) is 4.06. The fourth-order valence-electron chi connectivity index (χ4n) is 4.57. The number of piperidine rings is 1. The highest BCUT2D eigenvalue weighted by Gasteiger charge is 2.40. The first-order chi connectivity index (χ1) is 15.1. The molecule has 1 aromatic carbocycles. The summed E-state index contributed by atoms with van der Waals surface area (Å²) in [6.07, 6.45) is 0.171. The Labute approximate surface area is 184 Å². The molecule has 1 atom stereocenters. The average molecular weight is 471 g/mol. The Bertz CT molecular complexity index is 1110. The Kier molecular flexibility index (Phi) is 6.06. The summed E-state index contributed by atoms with van der Waals surface area (Å²) in [5.41, 5.74) is 0.936. The molecular formula is C21H25F3N4O3S. The van der Waals surface area contributed by atoms with Crippen molar-refractivity contribution in [1.82, 2.24) is 19.4 Å². The quantitative estimate of drug-likeness (QED) is 0.745. The third-order valence-electron chi connectivity index (χ3n) is 6.33. The number of fused-ring (bicyclic) bond motifs is 1. The molecule has 7 nitrogen and oxygen atoms in total. The van der Waals surface area contributed by atoms with Crippen LogP contribution in [0.3, 0.4) is 0 Å². The third-order valence-corrected chi connectivity index (χ3v) is 8.28. The number of aryl methyl sites for hydroxylation is 1. The first-order valence-corrected chi connectivity index (χ1v) is 12.0. The van der Waals surface area contributed by atoms with Crippen molar-refractivity contribution < 1.29 is 26.4 Å².